The van der Waals surface area contributed by atoms with Crippen LogP contribution in [0, 0.1) is 0 Å². The Bertz CT molecular complexity index is 4330. The SMILES string of the molecule is CCCCCCCCCCN(CC(N)=O)C(=O)CN(CCCCCCCCCC)C(=O)CN(CCc1ccccc1)C(=O)CN(CCc1ccccc1)C(=O)CN(CC1CCCN1)C(=O)CN(CCc1ccccc1)C(=O)CN(CCc1ccccc1)C(=O)CN(CC1CCCN1)C(=O)CN(CCc1ccccc1)C(=O)CN(CCc1ccccc1)C(=O)CNCC1CCCN1. The van der Waals surface area contributed by atoms with Crippen LogP contribution in [0.5, 0.6) is 0 Å². The Balaban J connectivity index is 0.976. The van der Waals surface area contributed by atoms with Gasteiger partial charge >= 0.3 is 0 Å². The summed E-state index contributed by atoms with van der Waals surface area (Å²) in [4.78, 5) is 181. The summed E-state index contributed by atoms with van der Waals surface area (Å²) in [5.41, 5.74) is 11.3. The van der Waals surface area contributed by atoms with E-state index in [1.54, 1.807) is 4.90 Å². The largest absolute Gasteiger partial charge is 0.368 e. The summed E-state index contributed by atoms with van der Waals surface area (Å²) in [5.74, 6) is -5.33. The smallest absolute Gasteiger partial charge is 0.242 e. The van der Waals surface area contributed by atoms with Crippen LogP contribution in [0.15, 0.2) is 182 Å². The predicted molar refractivity (Wildman–Crippen MR) is 517 cm³/mol. The van der Waals surface area contributed by atoms with E-state index < -0.39 is 105 Å². The van der Waals surface area contributed by atoms with Crippen LogP contribution in [0.2, 0.25) is 0 Å². The summed E-state index contributed by atoms with van der Waals surface area (Å²) in [6.07, 6.45) is 23.7. The number of rotatable bonds is 64. The summed E-state index contributed by atoms with van der Waals surface area (Å²) < 4.78 is 0. The normalized spacial score (nSPS) is 14.6. The zero-order chi connectivity index (χ0) is 92.8. The van der Waals surface area contributed by atoms with Crippen LogP contribution in [0.1, 0.15) is 188 Å². The minimum absolute atomic E-state index is 0.0222. The fraction of sp³-hybridized carbons (Fsp3) is 0.552. The van der Waals surface area contributed by atoms with Crippen LogP contribution in [0.3, 0.4) is 0 Å². The molecule has 6 aromatic carbocycles. The van der Waals surface area contributed by atoms with Crippen molar-refractivity contribution in [1.82, 2.24) is 70.3 Å². The molecule has 131 heavy (non-hydrogen) atoms. The highest BCUT2D eigenvalue weighted by atomic mass is 16.2. The molecule has 3 fully saturated rings. The lowest BCUT2D eigenvalue weighted by molar-refractivity contribution is -0.149. The molecule has 9 rings (SSSR count). The van der Waals surface area contributed by atoms with Crippen molar-refractivity contribution >= 4 is 65.0 Å². The number of carbonyl (C=O) groups is 11. The van der Waals surface area contributed by atoms with Crippen LogP contribution >= 0.6 is 0 Å². The van der Waals surface area contributed by atoms with E-state index in [0.29, 0.717) is 84.0 Å². The van der Waals surface area contributed by atoms with Crippen molar-refractivity contribution in [2.24, 2.45) is 5.73 Å². The molecule has 0 bridgehead atoms. The van der Waals surface area contributed by atoms with Crippen molar-refractivity contribution in [3.05, 3.63) is 215 Å². The molecule has 0 saturated carbocycles. The Kier molecular flexibility index (Phi) is 48.0. The molecule has 11 amide bonds. The van der Waals surface area contributed by atoms with Crippen molar-refractivity contribution in [2.45, 2.75) is 212 Å². The van der Waals surface area contributed by atoms with E-state index in [0.717, 1.165) is 143 Å². The van der Waals surface area contributed by atoms with Gasteiger partial charge in [0, 0.05) is 90.1 Å². The van der Waals surface area contributed by atoms with Gasteiger partial charge in [0.1, 0.15) is 0 Å². The number of primary amides is 1. The average molecular weight is 1800 g/mol. The number of hydrogen-bond donors (Lipinski definition) is 5. The number of nitrogens with zero attached hydrogens (tertiary/aromatic N) is 10. The van der Waals surface area contributed by atoms with Gasteiger partial charge < -0.3 is 76.0 Å². The zero-order valence-electron chi connectivity index (χ0n) is 78.6. The Hall–Kier alpha value is -10.7. The quantitative estimate of drug-likeness (QED) is 0.0222. The average Bonchev–Trinajstić information content (AvgIpc) is 1.56. The van der Waals surface area contributed by atoms with Gasteiger partial charge in [0.2, 0.25) is 65.0 Å². The molecule has 3 aliphatic rings. The second kappa shape index (κ2) is 60.4. The van der Waals surface area contributed by atoms with Gasteiger partial charge in [-0.2, -0.15) is 0 Å². The molecule has 0 spiro atoms. The van der Waals surface area contributed by atoms with Gasteiger partial charge in [0.15, 0.2) is 0 Å². The number of hydrogen-bond acceptors (Lipinski definition) is 15. The first-order valence-electron chi connectivity index (χ1n) is 49.1. The first-order chi connectivity index (χ1) is 63.9. The first-order valence-corrected chi connectivity index (χ1v) is 49.1. The van der Waals surface area contributed by atoms with Gasteiger partial charge in [-0.1, -0.05) is 286 Å². The first kappa shape index (κ1) is 104. The highest BCUT2D eigenvalue weighted by molar-refractivity contribution is 5.95. The molecule has 3 saturated heterocycles. The zero-order valence-corrected chi connectivity index (χ0v) is 78.6. The van der Waals surface area contributed by atoms with Gasteiger partial charge in [-0.3, -0.25) is 52.7 Å². The molecule has 0 aromatic heterocycles. The molecule has 26 heteroatoms. The lowest BCUT2D eigenvalue weighted by Crippen LogP contribution is -2.55. The molecule has 0 radical (unpaired) electrons. The van der Waals surface area contributed by atoms with E-state index in [-0.39, 0.29) is 109 Å². The molecule has 3 aliphatic heterocycles. The van der Waals surface area contributed by atoms with Gasteiger partial charge in [0.05, 0.1) is 72.0 Å². The van der Waals surface area contributed by atoms with E-state index in [1.807, 2.05) is 182 Å². The van der Waals surface area contributed by atoms with E-state index >= 15 is 38.4 Å². The number of benzene rings is 6. The third kappa shape index (κ3) is 40.1. The lowest BCUT2D eigenvalue weighted by atomic mass is 10.1. The maximum Gasteiger partial charge on any atom is 0.242 e. The predicted octanol–water partition coefficient (Wildman–Crippen LogP) is 10.3. The van der Waals surface area contributed by atoms with E-state index in [9.17, 15) is 14.4 Å². The van der Waals surface area contributed by atoms with E-state index in [1.165, 1.54) is 63.4 Å². The fourth-order valence-electron chi connectivity index (χ4n) is 17.5. The Morgan fingerprint density at radius 3 is 0.725 bits per heavy atom. The lowest BCUT2D eigenvalue weighted by Gasteiger charge is -2.34. The summed E-state index contributed by atoms with van der Waals surface area (Å²) in [7, 11) is 0. The third-order valence-electron chi connectivity index (χ3n) is 25.5. The van der Waals surface area contributed by atoms with Crippen molar-refractivity contribution in [1.29, 1.82) is 0 Å². The van der Waals surface area contributed by atoms with E-state index in [4.69, 9.17) is 5.73 Å². The summed E-state index contributed by atoms with van der Waals surface area (Å²) in [6.45, 7) is 4.63. The third-order valence-corrected chi connectivity index (χ3v) is 25.5. The molecule has 6 aromatic rings. The summed E-state index contributed by atoms with van der Waals surface area (Å²) in [6, 6.07) is 57.7. The van der Waals surface area contributed by atoms with Gasteiger partial charge in [-0.05, 0) is 143 Å². The molecule has 712 valence electrons. The number of nitrogens with one attached hydrogen (secondary N) is 4. The van der Waals surface area contributed by atoms with Crippen LogP contribution in [-0.4, -0.2) is 296 Å². The second-order valence-corrected chi connectivity index (χ2v) is 35.9. The maximum atomic E-state index is 15.8. The van der Waals surface area contributed by atoms with Crippen molar-refractivity contribution in [3.8, 4) is 0 Å². The summed E-state index contributed by atoms with van der Waals surface area (Å²) >= 11 is 0. The number of carbonyl (C=O) groups excluding carboxylic acids is 11. The van der Waals surface area contributed by atoms with Crippen LogP contribution in [0.4, 0.5) is 0 Å². The highest BCUT2D eigenvalue weighted by Gasteiger charge is 2.35. The number of nitrogens with two attached hydrogens (primary N) is 1. The minimum atomic E-state index is -0.652. The Morgan fingerprint density at radius 1 is 0.267 bits per heavy atom. The second-order valence-electron chi connectivity index (χ2n) is 35.9. The molecule has 3 unspecified atom stereocenters. The number of unbranched alkanes of at least 4 members (excludes halogenated alkanes) is 14. The Labute approximate surface area is 780 Å². The maximum absolute atomic E-state index is 15.8. The molecule has 26 nitrogen and oxygen atoms in total. The standard InChI is InChI=1S/C105H151N15O11/c1-3-5-7-9-11-13-15-35-64-111(76-95(106)121)97(123)77-112(65-36-16-14-12-10-8-6-4-2)98(124)79-114(67-56-87-42-25-18-26-43-87)100(126)80-115(68-57-88-44-27-19-28-45-88)102(128)84-120(75-94-54-39-63-110-94)105(131)83-118(71-60-91-50-33-22-34-51-91)101(127)81-116(69-58-89-46-29-20-30-47-89)103(129)85-119(74-93-53-38-62-109-93)104(130)82-117(70-59-90-48-31-21-32-49-90)99(125)78-113(66-55-86-40-23-17-24-41-86)96(122)73-107-72-92-52-37-61-108-92/h17-34,40-51,92-94,107-110H,3-16,35-39,52-85H2,1-2H3,(H2,106,121). The van der Waals surface area contributed by atoms with Crippen LogP contribution < -0.4 is 27.0 Å². The Morgan fingerprint density at radius 2 is 0.481 bits per heavy atom. The highest BCUT2D eigenvalue weighted by Crippen LogP contribution is 2.20. The topological polar surface area (TPSA) is 294 Å². The molecule has 3 heterocycles. The van der Waals surface area contributed by atoms with Gasteiger partial charge in [-0.15, -0.1) is 0 Å². The number of amides is 11. The molecular formula is C105H151N15O11. The van der Waals surface area contributed by atoms with Gasteiger partial charge in [0.25, 0.3) is 0 Å². The molecular weight excluding hydrogens is 1650 g/mol. The fourth-order valence-corrected chi connectivity index (χ4v) is 17.5. The molecule has 3 atom stereocenters. The van der Waals surface area contributed by atoms with E-state index in [2.05, 4.69) is 35.1 Å². The van der Waals surface area contributed by atoms with Crippen molar-refractivity contribution < 1.29 is 52.7 Å². The molecule has 0 aliphatic carbocycles. The summed E-state index contributed by atoms with van der Waals surface area (Å²) in [5, 5.41) is 13.8. The van der Waals surface area contributed by atoms with Crippen molar-refractivity contribution in [3.63, 3.8) is 0 Å². The van der Waals surface area contributed by atoms with Crippen molar-refractivity contribution in [2.75, 3.05) is 164 Å². The molecule has 6 N–H and O–H groups in total. The monoisotopic (exact) mass is 1800 g/mol. The van der Waals surface area contributed by atoms with Gasteiger partial charge in [-0.25, -0.2) is 0 Å². The van der Waals surface area contributed by atoms with Crippen LogP contribution in [0.25, 0.3) is 0 Å². The minimum Gasteiger partial charge on any atom is -0.368 e. The van der Waals surface area contributed by atoms with Crippen LogP contribution in [-0.2, 0) is 91.3 Å².